The molecular formula is C46H68O6. The van der Waals surface area contributed by atoms with Gasteiger partial charge in [0.25, 0.3) is 0 Å². The highest BCUT2D eigenvalue weighted by Crippen LogP contribution is 2.36. The molecule has 0 unspecified atom stereocenters. The van der Waals surface area contributed by atoms with E-state index in [2.05, 4.69) is 50.2 Å². The molecule has 0 saturated carbocycles. The Kier molecular flexibility index (Phi) is 23.1. The standard InChI is InChI=1S/C46H68O6/c1-3-5-7-9-11-13-15-17-19-21-33-50-42-28-23-39(24-29-42)41-27-32-44(45(37-41)52-36-35-49-38-46(47)48)40-25-30-43(31-26-40)51-34-22-20-18-16-14-12-10-8-6-4-2/h23-32,37H,3-22,33-36,38H2,1-2H3,(H,47,48). The number of hydrogen-bond acceptors (Lipinski definition) is 5. The van der Waals surface area contributed by atoms with Gasteiger partial charge in [0, 0.05) is 5.56 Å². The average Bonchev–Trinajstić information content (AvgIpc) is 3.16. The highest BCUT2D eigenvalue weighted by atomic mass is 16.5. The van der Waals surface area contributed by atoms with E-state index in [0.717, 1.165) is 65.6 Å². The Morgan fingerprint density at radius 2 is 0.885 bits per heavy atom. The molecule has 0 aliphatic carbocycles. The van der Waals surface area contributed by atoms with Crippen LogP contribution in [0.3, 0.4) is 0 Å². The first-order chi connectivity index (χ1) is 25.6. The first-order valence-corrected chi connectivity index (χ1v) is 20.6. The van der Waals surface area contributed by atoms with Crippen LogP contribution in [0.15, 0.2) is 66.7 Å². The maximum Gasteiger partial charge on any atom is 0.329 e. The molecule has 0 fully saturated rings. The van der Waals surface area contributed by atoms with Crippen LogP contribution in [-0.2, 0) is 9.53 Å². The summed E-state index contributed by atoms with van der Waals surface area (Å²) in [4.78, 5) is 10.9. The van der Waals surface area contributed by atoms with E-state index in [-0.39, 0.29) is 19.8 Å². The summed E-state index contributed by atoms with van der Waals surface area (Å²) in [6.07, 6.45) is 26.2. The SMILES string of the molecule is CCCCCCCCCCCCOc1ccc(-c2ccc(-c3ccc(OCCCCCCCCCCCC)cc3)c(OCCOCC(=O)O)c2)cc1. The van der Waals surface area contributed by atoms with Gasteiger partial charge in [-0.25, -0.2) is 4.79 Å². The Morgan fingerprint density at radius 3 is 1.35 bits per heavy atom. The highest BCUT2D eigenvalue weighted by Gasteiger charge is 2.11. The fourth-order valence-electron chi connectivity index (χ4n) is 6.46. The lowest BCUT2D eigenvalue weighted by Gasteiger charge is -2.15. The summed E-state index contributed by atoms with van der Waals surface area (Å²) in [5.74, 6) is 1.49. The molecule has 288 valence electrons. The van der Waals surface area contributed by atoms with Crippen LogP contribution >= 0.6 is 0 Å². The van der Waals surface area contributed by atoms with Gasteiger partial charge < -0.3 is 24.1 Å². The van der Waals surface area contributed by atoms with Gasteiger partial charge in [-0.05, 0) is 59.9 Å². The summed E-state index contributed by atoms with van der Waals surface area (Å²) in [6.45, 7) is 6.11. The van der Waals surface area contributed by atoms with Crippen molar-refractivity contribution in [2.24, 2.45) is 0 Å². The molecular weight excluding hydrogens is 649 g/mol. The molecule has 3 rings (SSSR count). The minimum Gasteiger partial charge on any atom is -0.494 e. The Bertz CT molecular complexity index is 1320. The minimum atomic E-state index is -0.992. The van der Waals surface area contributed by atoms with Crippen LogP contribution in [0.1, 0.15) is 142 Å². The molecule has 6 nitrogen and oxygen atoms in total. The van der Waals surface area contributed by atoms with Crippen molar-refractivity contribution in [3.05, 3.63) is 66.7 Å². The average molecular weight is 717 g/mol. The van der Waals surface area contributed by atoms with E-state index in [4.69, 9.17) is 24.1 Å². The van der Waals surface area contributed by atoms with Gasteiger partial charge in [0.2, 0.25) is 0 Å². The van der Waals surface area contributed by atoms with Crippen molar-refractivity contribution < 1.29 is 28.8 Å². The summed E-state index contributed by atoms with van der Waals surface area (Å²) in [7, 11) is 0. The second-order valence-corrected chi connectivity index (χ2v) is 14.1. The molecule has 0 spiro atoms. The molecule has 6 heteroatoms. The summed E-state index contributed by atoms with van der Waals surface area (Å²) < 4.78 is 23.5. The Hall–Kier alpha value is -3.51. The second kappa shape index (κ2) is 28.1. The zero-order valence-electron chi connectivity index (χ0n) is 32.5. The normalized spacial score (nSPS) is 11.1. The Labute approximate surface area is 315 Å². The van der Waals surface area contributed by atoms with E-state index in [1.54, 1.807) is 0 Å². The molecule has 3 aromatic rings. The summed E-state index contributed by atoms with van der Waals surface area (Å²) >= 11 is 0. The van der Waals surface area contributed by atoms with Crippen molar-refractivity contribution in [2.45, 2.75) is 142 Å². The van der Waals surface area contributed by atoms with Crippen LogP contribution in [0, 0.1) is 0 Å². The largest absolute Gasteiger partial charge is 0.494 e. The van der Waals surface area contributed by atoms with E-state index in [1.165, 1.54) is 116 Å². The van der Waals surface area contributed by atoms with E-state index >= 15 is 0 Å². The number of ether oxygens (including phenoxy) is 4. The molecule has 1 N–H and O–H groups in total. The zero-order valence-corrected chi connectivity index (χ0v) is 32.5. The summed E-state index contributed by atoms with van der Waals surface area (Å²) in [5.41, 5.74) is 4.08. The lowest BCUT2D eigenvalue weighted by Crippen LogP contribution is -2.12. The summed E-state index contributed by atoms with van der Waals surface area (Å²) in [6, 6.07) is 22.7. The van der Waals surface area contributed by atoms with E-state index < -0.39 is 5.97 Å². The molecule has 3 aromatic carbocycles. The van der Waals surface area contributed by atoms with Gasteiger partial charge in [-0.2, -0.15) is 0 Å². The van der Waals surface area contributed by atoms with Crippen molar-refractivity contribution in [1.82, 2.24) is 0 Å². The smallest absolute Gasteiger partial charge is 0.329 e. The molecule has 0 amide bonds. The first-order valence-electron chi connectivity index (χ1n) is 20.6. The molecule has 0 radical (unpaired) electrons. The van der Waals surface area contributed by atoms with Crippen molar-refractivity contribution in [3.8, 4) is 39.5 Å². The molecule has 0 aromatic heterocycles. The Balaban J connectivity index is 1.48. The van der Waals surface area contributed by atoms with Crippen molar-refractivity contribution in [3.63, 3.8) is 0 Å². The number of benzene rings is 3. The van der Waals surface area contributed by atoms with Gasteiger partial charge >= 0.3 is 5.97 Å². The molecule has 0 aliphatic heterocycles. The minimum absolute atomic E-state index is 0.187. The second-order valence-electron chi connectivity index (χ2n) is 14.1. The first kappa shape index (κ1) is 42.9. The van der Waals surface area contributed by atoms with Crippen LogP contribution in [0.2, 0.25) is 0 Å². The molecule has 0 aliphatic rings. The fourth-order valence-corrected chi connectivity index (χ4v) is 6.46. The molecule has 0 atom stereocenters. The van der Waals surface area contributed by atoms with E-state index in [0.29, 0.717) is 0 Å². The maximum atomic E-state index is 10.9. The molecule has 52 heavy (non-hydrogen) atoms. The molecule has 0 heterocycles. The van der Waals surface area contributed by atoms with Gasteiger partial charge in [0.05, 0.1) is 19.8 Å². The predicted molar refractivity (Wildman–Crippen MR) is 216 cm³/mol. The fraction of sp³-hybridized carbons (Fsp3) is 0.587. The lowest BCUT2D eigenvalue weighted by molar-refractivity contribution is -0.142. The molecule has 0 bridgehead atoms. The van der Waals surface area contributed by atoms with Gasteiger partial charge in [0.1, 0.15) is 30.5 Å². The topological polar surface area (TPSA) is 74.2 Å². The molecule has 0 saturated heterocycles. The van der Waals surface area contributed by atoms with Gasteiger partial charge in [-0.15, -0.1) is 0 Å². The van der Waals surface area contributed by atoms with Gasteiger partial charge in [0.15, 0.2) is 0 Å². The number of hydrogen-bond donors (Lipinski definition) is 1. The van der Waals surface area contributed by atoms with Crippen LogP contribution in [0.4, 0.5) is 0 Å². The van der Waals surface area contributed by atoms with E-state index in [1.807, 2.05) is 30.3 Å². The third-order valence-electron chi connectivity index (χ3n) is 9.58. The number of carboxylic acid groups (broad SMARTS) is 1. The van der Waals surface area contributed by atoms with Crippen molar-refractivity contribution in [2.75, 3.05) is 33.0 Å². The van der Waals surface area contributed by atoms with Crippen LogP contribution in [-0.4, -0.2) is 44.1 Å². The summed E-state index contributed by atoms with van der Waals surface area (Å²) in [5, 5.41) is 8.91. The Morgan fingerprint density at radius 1 is 0.462 bits per heavy atom. The lowest BCUT2D eigenvalue weighted by atomic mass is 9.99. The highest BCUT2D eigenvalue weighted by molar-refractivity contribution is 5.77. The zero-order chi connectivity index (χ0) is 36.9. The van der Waals surface area contributed by atoms with E-state index in [9.17, 15) is 4.79 Å². The predicted octanol–water partition coefficient (Wildman–Crippen LogP) is 13.1. The third-order valence-corrected chi connectivity index (χ3v) is 9.58. The van der Waals surface area contributed by atoms with Crippen LogP contribution in [0.5, 0.6) is 17.2 Å². The number of carboxylic acids is 1. The van der Waals surface area contributed by atoms with Crippen molar-refractivity contribution >= 4 is 5.97 Å². The van der Waals surface area contributed by atoms with Crippen molar-refractivity contribution in [1.29, 1.82) is 0 Å². The number of aliphatic carboxylic acids is 1. The van der Waals surface area contributed by atoms with Crippen LogP contribution in [0.25, 0.3) is 22.3 Å². The van der Waals surface area contributed by atoms with Crippen LogP contribution < -0.4 is 14.2 Å². The number of rotatable bonds is 32. The third kappa shape index (κ3) is 18.8. The number of unbranched alkanes of at least 4 members (excludes halogenated alkanes) is 18. The monoisotopic (exact) mass is 717 g/mol. The maximum absolute atomic E-state index is 10.9. The number of carbonyl (C=O) groups is 1. The van der Waals surface area contributed by atoms with Gasteiger partial charge in [-0.3, -0.25) is 0 Å². The quantitative estimate of drug-likeness (QED) is 0.0648. The van der Waals surface area contributed by atoms with Gasteiger partial charge in [-0.1, -0.05) is 166 Å².